The second-order valence-electron chi connectivity index (χ2n) is 7.06. The fourth-order valence-electron chi connectivity index (χ4n) is 2.42. The van der Waals surface area contributed by atoms with Crippen molar-refractivity contribution in [3.8, 4) is 0 Å². The molecule has 0 aliphatic rings. The van der Waals surface area contributed by atoms with E-state index in [1.165, 1.54) is 0 Å². The van der Waals surface area contributed by atoms with Gasteiger partial charge < -0.3 is 10.2 Å². The Balaban J connectivity index is 2.51. The van der Waals surface area contributed by atoms with Gasteiger partial charge in [-0.1, -0.05) is 39.8 Å². The number of nitrogens with zero attached hydrogens (tertiary/aromatic N) is 1. The van der Waals surface area contributed by atoms with Gasteiger partial charge in [0.05, 0.1) is 6.54 Å². The molecule has 0 bridgehead atoms. The van der Waals surface area contributed by atoms with Gasteiger partial charge in [-0.2, -0.15) is 0 Å². The molecule has 1 aromatic rings. The normalized spacial score (nSPS) is 11.5. The van der Waals surface area contributed by atoms with E-state index in [0.29, 0.717) is 18.5 Å². The van der Waals surface area contributed by atoms with Crippen LogP contribution in [0.25, 0.3) is 0 Å². The minimum Gasteiger partial charge on any atom is -0.352 e. The molecule has 140 valence electrons. The molecule has 0 spiro atoms. The zero-order chi connectivity index (χ0) is 19.0. The van der Waals surface area contributed by atoms with Crippen molar-refractivity contribution >= 4 is 11.8 Å². The maximum atomic E-state index is 12.5. The summed E-state index contributed by atoms with van der Waals surface area (Å²) < 4.78 is 25.0. The summed E-state index contributed by atoms with van der Waals surface area (Å²) in [5, 5.41) is 2.66. The van der Waals surface area contributed by atoms with Gasteiger partial charge in [0.25, 0.3) is 12.3 Å². The van der Waals surface area contributed by atoms with E-state index in [2.05, 4.69) is 26.1 Å². The van der Waals surface area contributed by atoms with Crippen LogP contribution in [0.4, 0.5) is 8.78 Å². The minimum atomic E-state index is -2.55. The predicted octanol–water partition coefficient (Wildman–Crippen LogP) is 3.61. The Labute approximate surface area is 148 Å². The maximum absolute atomic E-state index is 12.5. The molecule has 0 fully saturated rings. The summed E-state index contributed by atoms with van der Waals surface area (Å²) in [4.78, 5) is 25.2. The van der Waals surface area contributed by atoms with Crippen molar-refractivity contribution < 1.29 is 18.4 Å². The molecular formula is C19H28F2N2O2. The first-order valence-corrected chi connectivity index (χ1v) is 8.59. The molecule has 2 amide bonds. The van der Waals surface area contributed by atoms with E-state index in [4.69, 9.17) is 0 Å². The average molecular weight is 354 g/mol. The van der Waals surface area contributed by atoms with Crippen LogP contribution >= 0.6 is 0 Å². The van der Waals surface area contributed by atoms with Crippen molar-refractivity contribution in [3.63, 3.8) is 0 Å². The van der Waals surface area contributed by atoms with Crippen molar-refractivity contribution in [2.24, 2.45) is 0 Å². The molecule has 0 aliphatic heterocycles. The largest absolute Gasteiger partial charge is 0.352 e. The van der Waals surface area contributed by atoms with E-state index in [0.717, 1.165) is 10.5 Å². The molecule has 0 saturated carbocycles. The number of halogens is 2. The number of carbonyl (C=O) groups excluding carboxylic acids is 2. The maximum Gasteiger partial charge on any atom is 0.255 e. The van der Waals surface area contributed by atoms with Crippen LogP contribution in [0.15, 0.2) is 24.3 Å². The van der Waals surface area contributed by atoms with Gasteiger partial charge in [-0.15, -0.1) is 0 Å². The van der Waals surface area contributed by atoms with Crippen LogP contribution in [0.5, 0.6) is 0 Å². The lowest BCUT2D eigenvalue weighted by Crippen LogP contribution is -2.38. The molecule has 1 N–H and O–H groups in total. The number of hydrogen-bond acceptors (Lipinski definition) is 2. The fourth-order valence-corrected chi connectivity index (χ4v) is 2.42. The van der Waals surface area contributed by atoms with Crippen LogP contribution in [0, 0.1) is 0 Å². The van der Waals surface area contributed by atoms with Crippen LogP contribution in [0.3, 0.4) is 0 Å². The Bertz CT molecular complexity index is 566. The zero-order valence-corrected chi connectivity index (χ0v) is 15.4. The molecule has 0 aliphatic carbocycles. The highest BCUT2D eigenvalue weighted by molar-refractivity contribution is 5.94. The average Bonchev–Trinajstić information content (AvgIpc) is 2.53. The van der Waals surface area contributed by atoms with Crippen molar-refractivity contribution in [3.05, 3.63) is 35.4 Å². The van der Waals surface area contributed by atoms with E-state index in [1.807, 2.05) is 19.1 Å². The van der Waals surface area contributed by atoms with Crippen LogP contribution in [-0.4, -0.2) is 42.8 Å². The van der Waals surface area contributed by atoms with Gasteiger partial charge in [0.1, 0.15) is 0 Å². The lowest BCUT2D eigenvalue weighted by Gasteiger charge is -2.21. The number of carbonyl (C=O) groups is 2. The summed E-state index contributed by atoms with van der Waals surface area (Å²) in [7, 11) is 0. The number of nitrogens with one attached hydrogen (secondary N) is 1. The molecule has 0 atom stereocenters. The smallest absolute Gasteiger partial charge is 0.255 e. The standard InChI is InChI=1S/C19H28F2N2O2/c1-5-12-23(13-16(20)21)17(24)10-11-22-18(25)14-6-8-15(9-7-14)19(2,3)4/h6-9,16H,5,10-13H2,1-4H3,(H,22,25). The van der Waals surface area contributed by atoms with Crippen LogP contribution < -0.4 is 5.32 Å². The van der Waals surface area contributed by atoms with Crippen LogP contribution in [-0.2, 0) is 10.2 Å². The highest BCUT2D eigenvalue weighted by atomic mass is 19.3. The van der Waals surface area contributed by atoms with Gasteiger partial charge in [-0.05, 0) is 29.5 Å². The van der Waals surface area contributed by atoms with Gasteiger partial charge in [0.2, 0.25) is 5.91 Å². The first kappa shape index (κ1) is 21.1. The number of hydrogen-bond donors (Lipinski definition) is 1. The second kappa shape index (κ2) is 9.49. The summed E-state index contributed by atoms with van der Waals surface area (Å²) in [6.07, 6.45) is -1.92. The monoisotopic (exact) mass is 354 g/mol. The molecule has 0 radical (unpaired) electrons. The Hall–Kier alpha value is -1.98. The van der Waals surface area contributed by atoms with Crippen LogP contribution in [0.2, 0.25) is 0 Å². The van der Waals surface area contributed by atoms with Crippen molar-refractivity contribution in [1.29, 1.82) is 0 Å². The predicted molar refractivity (Wildman–Crippen MR) is 95.0 cm³/mol. The number of alkyl halides is 2. The zero-order valence-electron chi connectivity index (χ0n) is 15.4. The summed E-state index contributed by atoms with van der Waals surface area (Å²) in [6, 6.07) is 7.31. The molecule has 0 unspecified atom stereocenters. The number of benzene rings is 1. The number of amides is 2. The summed E-state index contributed by atoms with van der Waals surface area (Å²) >= 11 is 0. The molecule has 25 heavy (non-hydrogen) atoms. The van der Waals surface area contributed by atoms with Crippen LogP contribution in [0.1, 0.15) is 56.5 Å². The fraction of sp³-hybridized carbons (Fsp3) is 0.579. The van der Waals surface area contributed by atoms with E-state index in [-0.39, 0.29) is 30.2 Å². The van der Waals surface area contributed by atoms with Crippen molar-refractivity contribution in [1.82, 2.24) is 10.2 Å². The molecular weight excluding hydrogens is 326 g/mol. The van der Waals surface area contributed by atoms with Gasteiger partial charge in [-0.3, -0.25) is 9.59 Å². The molecule has 0 aromatic heterocycles. The highest BCUT2D eigenvalue weighted by Crippen LogP contribution is 2.22. The lowest BCUT2D eigenvalue weighted by molar-refractivity contribution is -0.133. The van der Waals surface area contributed by atoms with E-state index in [1.54, 1.807) is 12.1 Å². The van der Waals surface area contributed by atoms with Gasteiger partial charge in [-0.25, -0.2) is 8.78 Å². The third-order valence-electron chi connectivity index (χ3n) is 3.84. The molecule has 1 rings (SSSR count). The summed E-state index contributed by atoms with van der Waals surface area (Å²) in [5.41, 5.74) is 1.65. The summed E-state index contributed by atoms with van der Waals surface area (Å²) in [5.74, 6) is -0.644. The molecule has 0 saturated heterocycles. The molecule has 4 nitrogen and oxygen atoms in total. The first-order chi connectivity index (χ1) is 11.6. The molecule has 6 heteroatoms. The van der Waals surface area contributed by atoms with Crippen molar-refractivity contribution in [2.45, 2.75) is 52.4 Å². The van der Waals surface area contributed by atoms with Gasteiger partial charge in [0, 0.05) is 25.1 Å². The van der Waals surface area contributed by atoms with Gasteiger partial charge in [0.15, 0.2) is 0 Å². The highest BCUT2D eigenvalue weighted by Gasteiger charge is 2.18. The molecule has 0 heterocycles. The Morgan fingerprint density at radius 3 is 2.24 bits per heavy atom. The van der Waals surface area contributed by atoms with E-state index < -0.39 is 13.0 Å². The number of rotatable bonds is 8. The SMILES string of the molecule is CCCN(CC(F)F)C(=O)CCNC(=O)c1ccc(C(C)(C)C)cc1. The summed E-state index contributed by atoms with van der Waals surface area (Å²) in [6.45, 7) is 7.97. The quantitative estimate of drug-likeness (QED) is 0.775. The first-order valence-electron chi connectivity index (χ1n) is 8.59. The van der Waals surface area contributed by atoms with Gasteiger partial charge >= 0.3 is 0 Å². The minimum absolute atomic E-state index is 0.00879. The Morgan fingerprint density at radius 1 is 1.16 bits per heavy atom. The van der Waals surface area contributed by atoms with E-state index >= 15 is 0 Å². The lowest BCUT2D eigenvalue weighted by atomic mass is 9.87. The van der Waals surface area contributed by atoms with Crippen molar-refractivity contribution in [2.75, 3.05) is 19.6 Å². The third-order valence-corrected chi connectivity index (χ3v) is 3.84. The molecule has 1 aromatic carbocycles. The second-order valence-corrected chi connectivity index (χ2v) is 7.06. The Kier molecular flexibility index (Phi) is 8.00. The van der Waals surface area contributed by atoms with E-state index in [9.17, 15) is 18.4 Å². The topological polar surface area (TPSA) is 49.4 Å². The third kappa shape index (κ3) is 7.20. The Morgan fingerprint density at radius 2 is 1.76 bits per heavy atom.